The lowest BCUT2D eigenvalue weighted by atomic mass is 10.0. The molecule has 4 aromatic carbocycles. The minimum absolute atomic E-state index is 0.0324. The van der Waals surface area contributed by atoms with Crippen LogP contribution in [0.15, 0.2) is 108 Å². The van der Waals surface area contributed by atoms with E-state index < -0.39 is 28.5 Å². The summed E-state index contributed by atoms with van der Waals surface area (Å²) in [5.74, 6) is -0.545. The molecule has 2 amide bonds. The van der Waals surface area contributed by atoms with Crippen molar-refractivity contribution < 1.29 is 22.7 Å². The van der Waals surface area contributed by atoms with Crippen molar-refractivity contribution in [1.82, 2.24) is 10.2 Å². The van der Waals surface area contributed by atoms with Gasteiger partial charge in [0, 0.05) is 19.0 Å². The molecule has 0 aliphatic carbocycles. The van der Waals surface area contributed by atoms with Crippen LogP contribution in [-0.2, 0) is 32.6 Å². The van der Waals surface area contributed by atoms with E-state index >= 15 is 0 Å². The van der Waals surface area contributed by atoms with Crippen molar-refractivity contribution in [3.05, 3.63) is 125 Å². The van der Waals surface area contributed by atoms with Crippen LogP contribution >= 0.6 is 0 Å². The number of hydrogen-bond donors (Lipinski definition) is 1. The first kappa shape index (κ1) is 33.3. The van der Waals surface area contributed by atoms with E-state index in [4.69, 9.17) is 4.74 Å². The number of aryl methyl sites for hydroxylation is 2. The summed E-state index contributed by atoms with van der Waals surface area (Å²) >= 11 is 0. The van der Waals surface area contributed by atoms with Gasteiger partial charge in [0.15, 0.2) is 0 Å². The summed E-state index contributed by atoms with van der Waals surface area (Å²) in [7, 11) is -2.77. The third-order valence-corrected chi connectivity index (χ3v) is 9.12. The first-order valence-electron chi connectivity index (χ1n) is 14.9. The Bertz CT molecular complexity index is 1710. The summed E-state index contributed by atoms with van der Waals surface area (Å²) in [4.78, 5) is 30.0. The third kappa shape index (κ3) is 8.51. The van der Waals surface area contributed by atoms with Gasteiger partial charge in [0.05, 0.1) is 17.7 Å². The van der Waals surface area contributed by atoms with Crippen molar-refractivity contribution >= 4 is 27.5 Å². The van der Waals surface area contributed by atoms with Gasteiger partial charge in [0.2, 0.25) is 11.8 Å². The van der Waals surface area contributed by atoms with Crippen LogP contribution in [0, 0.1) is 13.8 Å². The summed E-state index contributed by atoms with van der Waals surface area (Å²) in [5, 5.41) is 2.98. The fourth-order valence-electron chi connectivity index (χ4n) is 5.17. The summed E-state index contributed by atoms with van der Waals surface area (Å²) in [6, 6.07) is 29.3. The zero-order valence-corrected chi connectivity index (χ0v) is 27.3. The Morgan fingerprint density at radius 1 is 0.800 bits per heavy atom. The van der Waals surface area contributed by atoms with E-state index in [1.165, 1.54) is 24.1 Å². The minimum Gasteiger partial charge on any atom is -0.495 e. The van der Waals surface area contributed by atoms with Gasteiger partial charge in [-0.3, -0.25) is 13.9 Å². The second-order valence-corrected chi connectivity index (χ2v) is 13.2. The lowest BCUT2D eigenvalue weighted by molar-refractivity contribution is -0.140. The van der Waals surface area contributed by atoms with Crippen LogP contribution < -0.4 is 14.4 Å². The molecule has 0 aliphatic rings. The molecule has 0 aromatic heterocycles. The smallest absolute Gasteiger partial charge is 0.264 e. The zero-order chi connectivity index (χ0) is 32.6. The largest absolute Gasteiger partial charge is 0.495 e. The standard InChI is InChI=1S/C36H41N3O5S/c1-26(2)37-36(41)33(23-29-14-8-6-9-15-29)38(24-30-16-12-13-27(3)21-30)35(40)25-39(32-22-28(4)19-20-34(32)44-5)45(42,43)31-17-10-7-11-18-31/h6-22,26,33H,23-25H2,1-5H3,(H,37,41)/t33-/m1/s1. The van der Waals surface area contributed by atoms with Crippen LogP contribution in [0.4, 0.5) is 5.69 Å². The highest BCUT2D eigenvalue weighted by atomic mass is 32.2. The molecule has 0 saturated heterocycles. The fraction of sp³-hybridized carbons (Fsp3) is 0.278. The van der Waals surface area contributed by atoms with Gasteiger partial charge < -0.3 is 15.0 Å². The Labute approximate surface area is 266 Å². The second kappa shape index (κ2) is 14.9. The maximum Gasteiger partial charge on any atom is 0.264 e. The maximum atomic E-state index is 14.6. The van der Waals surface area contributed by atoms with E-state index in [1.54, 1.807) is 30.3 Å². The number of hydrogen-bond acceptors (Lipinski definition) is 5. The number of ether oxygens (including phenoxy) is 1. The average Bonchev–Trinajstić information content (AvgIpc) is 3.02. The number of nitrogens with one attached hydrogen (secondary N) is 1. The van der Waals surface area contributed by atoms with E-state index in [0.717, 1.165) is 26.6 Å². The topological polar surface area (TPSA) is 96.0 Å². The highest BCUT2D eigenvalue weighted by molar-refractivity contribution is 7.92. The molecule has 1 atom stereocenters. The average molecular weight is 628 g/mol. The number of anilines is 1. The Morgan fingerprint density at radius 3 is 2.04 bits per heavy atom. The lowest BCUT2D eigenvalue weighted by Gasteiger charge is -2.34. The summed E-state index contributed by atoms with van der Waals surface area (Å²) in [6.07, 6.45) is 0.246. The molecule has 9 heteroatoms. The van der Waals surface area contributed by atoms with Crippen LogP contribution in [0.2, 0.25) is 0 Å². The predicted octanol–water partition coefficient (Wildman–Crippen LogP) is 5.67. The van der Waals surface area contributed by atoms with Gasteiger partial charge in [-0.25, -0.2) is 8.42 Å². The van der Waals surface area contributed by atoms with Crippen molar-refractivity contribution in [2.45, 2.75) is 57.6 Å². The van der Waals surface area contributed by atoms with Crippen LogP contribution in [0.1, 0.15) is 36.1 Å². The Balaban J connectivity index is 1.85. The molecule has 4 rings (SSSR count). The molecule has 0 saturated carbocycles. The summed E-state index contributed by atoms with van der Waals surface area (Å²) in [6.45, 7) is 7.08. The molecule has 0 spiro atoms. The van der Waals surface area contributed by atoms with E-state index in [-0.39, 0.29) is 35.5 Å². The molecule has 8 nitrogen and oxygen atoms in total. The molecular formula is C36H41N3O5S. The monoisotopic (exact) mass is 627 g/mol. The van der Waals surface area contributed by atoms with E-state index in [1.807, 2.05) is 88.4 Å². The third-order valence-electron chi connectivity index (χ3n) is 7.35. The zero-order valence-electron chi connectivity index (χ0n) is 26.4. The number of rotatable bonds is 13. The maximum absolute atomic E-state index is 14.6. The highest BCUT2D eigenvalue weighted by Gasteiger charge is 2.35. The van der Waals surface area contributed by atoms with Crippen molar-refractivity contribution in [1.29, 1.82) is 0 Å². The van der Waals surface area contributed by atoms with Gasteiger partial charge in [-0.05, 0) is 68.7 Å². The number of nitrogens with zero attached hydrogens (tertiary/aromatic N) is 2. The molecule has 0 aliphatic heterocycles. The van der Waals surface area contributed by atoms with Crippen molar-refractivity contribution in [3.8, 4) is 5.75 Å². The molecule has 0 radical (unpaired) electrons. The number of benzene rings is 4. The Morgan fingerprint density at radius 2 is 1.42 bits per heavy atom. The number of carbonyl (C=O) groups excluding carboxylic acids is 2. The first-order chi connectivity index (χ1) is 21.5. The molecule has 0 heterocycles. The molecule has 1 N–H and O–H groups in total. The van der Waals surface area contributed by atoms with Gasteiger partial charge in [-0.15, -0.1) is 0 Å². The first-order valence-corrected chi connectivity index (χ1v) is 16.4. The normalized spacial score (nSPS) is 12.0. The van der Waals surface area contributed by atoms with E-state index in [2.05, 4.69) is 5.32 Å². The fourth-order valence-corrected chi connectivity index (χ4v) is 6.61. The summed E-state index contributed by atoms with van der Waals surface area (Å²) in [5.41, 5.74) is 3.73. The Hall–Kier alpha value is -4.63. The molecule has 0 bridgehead atoms. The van der Waals surface area contributed by atoms with Crippen molar-refractivity contribution in [2.75, 3.05) is 18.0 Å². The van der Waals surface area contributed by atoms with Gasteiger partial charge >= 0.3 is 0 Å². The van der Waals surface area contributed by atoms with Gasteiger partial charge in [0.1, 0.15) is 18.3 Å². The van der Waals surface area contributed by atoms with Crippen LogP contribution in [0.3, 0.4) is 0 Å². The van der Waals surface area contributed by atoms with Crippen molar-refractivity contribution in [3.63, 3.8) is 0 Å². The molecule has 236 valence electrons. The van der Waals surface area contributed by atoms with E-state index in [9.17, 15) is 18.0 Å². The number of carbonyl (C=O) groups is 2. The van der Waals surface area contributed by atoms with Gasteiger partial charge in [-0.1, -0.05) is 84.4 Å². The number of amides is 2. The molecule has 0 fully saturated rings. The Kier molecular flexibility index (Phi) is 11.0. The lowest BCUT2D eigenvalue weighted by Crippen LogP contribution is -2.54. The SMILES string of the molecule is COc1ccc(C)cc1N(CC(=O)N(Cc1cccc(C)c1)[C@H](Cc1ccccc1)C(=O)NC(C)C)S(=O)(=O)c1ccccc1. The molecule has 45 heavy (non-hydrogen) atoms. The highest BCUT2D eigenvalue weighted by Crippen LogP contribution is 2.34. The van der Waals surface area contributed by atoms with Crippen LogP contribution in [-0.4, -0.2) is 50.9 Å². The number of methoxy groups -OCH3 is 1. The van der Waals surface area contributed by atoms with Gasteiger partial charge in [0.25, 0.3) is 10.0 Å². The quantitative estimate of drug-likeness (QED) is 0.206. The van der Waals surface area contributed by atoms with Crippen LogP contribution in [0.5, 0.6) is 5.75 Å². The minimum atomic E-state index is -4.23. The van der Waals surface area contributed by atoms with Crippen molar-refractivity contribution in [2.24, 2.45) is 0 Å². The van der Waals surface area contributed by atoms with E-state index in [0.29, 0.717) is 5.75 Å². The van der Waals surface area contributed by atoms with Crippen LogP contribution in [0.25, 0.3) is 0 Å². The molecular weight excluding hydrogens is 586 g/mol. The predicted molar refractivity (Wildman–Crippen MR) is 178 cm³/mol. The second-order valence-electron chi connectivity index (χ2n) is 11.4. The van der Waals surface area contributed by atoms with Gasteiger partial charge in [-0.2, -0.15) is 0 Å². The molecule has 0 unspecified atom stereocenters. The molecule has 4 aromatic rings. The summed E-state index contributed by atoms with van der Waals surface area (Å²) < 4.78 is 35.1. The number of sulfonamides is 1.